The quantitative estimate of drug-likeness (QED) is 0.404. The van der Waals surface area contributed by atoms with Crippen LogP contribution in [0.1, 0.15) is 5.56 Å². The Hall–Kier alpha value is -4.60. The first-order chi connectivity index (χ1) is 17.1. The number of rotatable bonds is 8. The first-order valence-electron chi connectivity index (χ1n) is 11.1. The van der Waals surface area contributed by atoms with E-state index in [-0.39, 0.29) is 6.03 Å². The van der Waals surface area contributed by atoms with Gasteiger partial charge >= 0.3 is 6.03 Å². The fraction of sp³-hybridized carbons (Fsp3) is 0.200. The molecule has 2 amide bonds. The van der Waals surface area contributed by atoms with Crippen LogP contribution >= 0.6 is 0 Å². The van der Waals surface area contributed by atoms with Gasteiger partial charge in [-0.25, -0.2) is 14.8 Å². The summed E-state index contributed by atoms with van der Waals surface area (Å²) in [6.45, 7) is 1.88. The monoisotopic (exact) mass is 471 g/mol. The minimum absolute atomic E-state index is 0.0775. The van der Waals surface area contributed by atoms with E-state index < -0.39 is 0 Å². The molecule has 2 N–H and O–H groups in total. The van der Waals surface area contributed by atoms with Gasteiger partial charge in [0.25, 0.3) is 0 Å². The summed E-state index contributed by atoms with van der Waals surface area (Å²) in [6.07, 6.45) is 5.36. The molecular formula is C25H25N7O3. The number of ether oxygens (including phenoxy) is 2. The summed E-state index contributed by atoms with van der Waals surface area (Å²) in [5.74, 6) is 2.70. The molecule has 0 unspecified atom stereocenters. The number of benzene rings is 2. The Kier molecular flexibility index (Phi) is 6.16. The van der Waals surface area contributed by atoms with Crippen molar-refractivity contribution in [2.45, 2.75) is 6.54 Å². The molecule has 5 rings (SSSR count). The van der Waals surface area contributed by atoms with Gasteiger partial charge in [0.1, 0.15) is 17.3 Å². The Labute approximate surface area is 202 Å². The molecule has 0 saturated carbocycles. The summed E-state index contributed by atoms with van der Waals surface area (Å²) in [4.78, 5) is 22.6. The van der Waals surface area contributed by atoms with Gasteiger partial charge in [0, 0.05) is 42.8 Å². The van der Waals surface area contributed by atoms with Gasteiger partial charge < -0.3 is 20.1 Å². The van der Waals surface area contributed by atoms with Crippen molar-refractivity contribution in [1.29, 1.82) is 0 Å². The number of amides is 2. The van der Waals surface area contributed by atoms with Crippen LogP contribution in [0.15, 0.2) is 67.1 Å². The summed E-state index contributed by atoms with van der Waals surface area (Å²) >= 11 is 0. The van der Waals surface area contributed by atoms with E-state index in [9.17, 15) is 4.79 Å². The summed E-state index contributed by atoms with van der Waals surface area (Å²) in [5, 5.41) is 10.5. The number of hydrogen-bond acceptors (Lipinski definition) is 7. The molecule has 1 aliphatic heterocycles. The second-order valence-electron chi connectivity index (χ2n) is 7.97. The lowest BCUT2D eigenvalue weighted by Gasteiger charge is -2.14. The molecule has 10 nitrogen and oxygen atoms in total. The molecule has 35 heavy (non-hydrogen) atoms. The van der Waals surface area contributed by atoms with Crippen molar-refractivity contribution in [1.82, 2.24) is 25.1 Å². The number of nitrogens with one attached hydrogen (secondary N) is 2. The smallest absolute Gasteiger partial charge is 0.321 e. The van der Waals surface area contributed by atoms with Crippen molar-refractivity contribution >= 4 is 23.2 Å². The zero-order valence-corrected chi connectivity index (χ0v) is 19.4. The predicted molar refractivity (Wildman–Crippen MR) is 132 cm³/mol. The number of aromatic nitrogens is 4. The molecular weight excluding hydrogens is 446 g/mol. The third kappa shape index (κ3) is 5.01. The van der Waals surface area contributed by atoms with Crippen molar-refractivity contribution in [3.05, 3.63) is 72.7 Å². The Morgan fingerprint density at radius 1 is 1.06 bits per heavy atom. The molecule has 178 valence electrons. The Morgan fingerprint density at radius 3 is 2.51 bits per heavy atom. The number of anilines is 3. The van der Waals surface area contributed by atoms with E-state index in [1.54, 1.807) is 37.6 Å². The van der Waals surface area contributed by atoms with E-state index in [1.807, 2.05) is 53.3 Å². The fourth-order valence-electron chi connectivity index (χ4n) is 3.88. The normalized spacial score (nSPS) is 13.0. The highest BCUT2D eigenvalue weighted by molar-refractivity contribution is 5.94. The Bertz CT molecular complexity index is 1310. The lowest BCUT2D eigenvalue weighted by atomic mass is 10.2. The maximum absolute atomic E-state index is 11.9. The molecule has 1 aliphatic rings. The third-order valence-corrected chi connectivity index (χ3v) is 5.61. The standard InChI is InChI=1S/C25H25N7O3/c1-34-21-11-17(12-22(13-21)35-2)15-31-16-19(14-28-31)29-23-7-8-26-24(30-23)18-3-5-20(6-4-18)32-10-9-27-25(32)33/h3-8,11-14,16H,9-10,15H2,1-2H3,(H,27,33)(H,26,29,30). The van der Waals surface area contributed by atoms with Crippen molar-refractivity contribution in [2.75, 3.05) is 37.5 Å². The van der Waals surface area contributed by atoms with E-state index in [4.69, 9.17) is 9.47 Å². The molecule has 3 heterocycles. The van der Waals surface area contributed by atoms with Gasteiger partial charge in [0.15, 0.2) is 5.82 Å². The number of carbonyl (C=O) groups is 1. The average Bonchev–Trinajstić information content (AvgIpc) is 3.52. The van der Waals surface area contributed by atoms with Gasteiger partial charge in [0.05, 0.1) is 32.6 Å². The van der Waals surface area contributed by atoms with Crippen LogP contribution in [0.5, 0.6) is 11.5 Å². The van der Waals surface area contributed by atoms with Crippen molar-refractivity contribution in [2.24, 2.45) is 0 Å². The zero-order valence-electron chi connectivity index (χ0n) is 19.4. The summed E-state index contributed by atoms with van der Waals surface area (Å²) in [7, 11) is 3.26. The Morgan fingerprint density at radius 2 is 1.83 bits per heavy atom. The number of nitrogens with zero attached hydrogens (tertiary/aromatic N) is 5. The van der Waals surface area contributed by atoms with Crippen LogP contribution < -0.4 is 25.0 Å². The first-order valence-corrected chi connectivity index (χ1v) is 11.1. The van der Waals surface area contributed by atoms with Gasteiger partial charge in [-0.1, -0.05) is 0 Å². The van der Waals surface area contributed by atoms with Crippen molar-refractivity contribution in [3.63, 3.8) is 0 Å². The summed E-state index contributed by atoms with van der Waals surface area (Å²) in [5.41, 5.74) is 3.52. The lowest BCUT2D eigenvalue weighted by molar-refractivity contribution is 0.252. The van der Waals surface area contributed by atoms with E-state index in [2.05, 4.69) is 25.7 Å². The average molecular weight is 472 g/mol. The number of methoxy groups -OCH3 is 2. The SMILES string of the molecule is COc1cc(Cn2cc(Nc3ccnc(-c4ccc(N5CCNC5=O)cc4)n3)cn2)cc(OC)c1. The topological polar surface area (TPSA) is 106 Å². The van der Waals surface area contributed by atoms with Gasteiger partial charge in [-0.15, -0.1) is 0 Å². The van der Waals surface area contributed by atoms with E-state index in [1.165, 1.54) is 0 Å². The van der Waals surface area contributed by atoms with Crippen molar-refractivity contribution < 1.29 is 14.3 Å². The molecule has 10 heteroatoms. The van der Waals surface area contributed by atoms with Gasteiger partial charge in [-0.2, -0.15) is 5.10 Å². The van der Waals surface area contributed by atoms with Crippen LogP contribution in [-0.4, -0.2) is 53.1 Å². The number of carbonyl (C=O) groups excluding carboxylic acids is 1. The van der Waals surface area contributed by atoms with E-state index >= 15 is 0 Å². The molecule has 4 aromatic rings. The minimum atomic E-state index is -0.0775. The van der Waals surface area contributed by atoms with Crippen molar-refractivity contribution in [3.8, 4) is 22.9 Å². The molecule has 0 bridgehead atoms. The van der Waals surface area contributed by atoms with Crippen LogP contribution in [0.4, 0.5) is 22.0 Å². The first kappa shape index (κ1) is 22.2. The highest BCUT2D eigenvalue weighted by atomic mass is 16.5. The highest BCUT2D eigenvalue weighted by Gasteiger charge is 2.21. The van der Waals surface area contributed by atoms with Gasteiger partial charge in [-0.05, 0) is 48.0 Å². The van der Waals surface area contributed by atoms with Crippen LogP contribution in [-0.2, 0) is 6.54 Å². The fourth-order valence-corrected chi connectivity index (χ4v) is 3.88. The zero-order chi connectivity index (χ0) is 24.2. The molecule has 1 saturated heterocycles. The lowest BCUT2D eigenvalue weighted by Crippen LogP contribution is -2.27. The summed E-state index contributed by atoms with van der Waals surface area (Å²) in [6, 6.07) is 15.1. The maximum atomic E-state index is 11.9. The molecule has 0 radical (unpaired) electrons. The van der Waals surface area contributed by atoms with E-state index in [0.717, 1.165) is 34.0 Å². The molecule has 0 spiro atoms. The van der Waals surface area contributed by atoms with Crippen LogP contribution in [0.3, 0.4) is 0 Å². The molecule has 2 aromatic heterocycles. The second kappa shape index (κ2) is 9.72. The molecule has 1 fully saturated rings. The molecule has 0 atom stereocenters. The van der Waals surface area contributed by atoms with Gasteiger partial charge in [0.2, 0.25) is 0 Å². The van der Waals surface area contributed by atoms with E-state index in [0.29, 0.717) is 31.3 Å². The minimum Gasteiger partial charge on any atom is -0.497 e. The largest absolute Gasteiger partial charge is 0.497 e. The maximum Gasteiger partial charge on any atom is 0.321 e. The van der Waals surface area contributed by atoms with Crippen LogP contribution in [0.25, 0.3) is 11.4 Å². The van der Waals surface area contributed by atoms with Crippen LogP contribution in [0.2, 0.25) is 0 Å². The molecule has 2 aromatic carbocycles. The second-order valence-corrected chi connectivity index (χ2v) is 7.97. The highest BCUT2D eigenvalue weighted by Crippen LogP contribution is 2.25. The third-order valence-electron chi connectivity index (χ3n) is 5.61. The van der Waals surface area contributed by atoms with Crippen LogP contribution in [0, 0.1) is 0 Å². The summed E-state index contributed by atoms with van der Waals surface area (Å²) < 4.78 is 12.5. The van der Waals surface area contributed by atoms with Gasteiger partial charge in [-0.3, -0.25) is 9.58 Å². The number of hydrogen-bond donors (Lipinski definition) is 2. The number of urea groups is 1. The predicted octanol–water partition coefficient (Wildman–Crippen LogP) is 3.68. The molecule has 0 aliphatic carbocycles. The Balaban J connectivity index is 1.28.